The van der Waals surface area contributed by atoms with Crippen LogP contribution in [0.1, 0.15) is 12.8 Å². The molecule has 0 spiro atoms. The van der Waals surface area contributed by atoms with Crippen LogP contribution in [0.2, 0.25) is 0 Å². The summed E-state index contributed by atoms with van der Waals surface area (Å²) in [6, 6.07) is 18.1. The molecule has 0 bridgehead atoms. The van der Waals surface area contributed by atoms with Crippen LogP contribution in [0.3, 0.4) is 0 Å². The molecule has 3 aromatic rings. The second kappa shape index (κ2) is 7.99. The third-order valence-electron chi connectivity index (χ3n) is 5.01. The van der Waals surface area contributed by atoms with Crippen molar-refractivity contribution in [1.29, 1.82) is 0 Å². The molecule has 136 valence electrons. The summed E-state index contributed by atoms with van der Waals surface area (Å²) in [6.45, 7) is 1.63. The fourth-order valence-electron chi connectivity index (χ4n) is 3.52. The van der Waals surface area contributed by atoms with E-state index in [1.54, 1.807) is 18.6 Å². The molecule has 0 unspecified atom stereocenters. The van der Waals surface area contributed by atoms with Crippen LogP contribution in [0.4, 0.5) is 11.5 Å². The second-order valence-corrected chi connectivity index (χ2v) is 6.73. The predicted molar refractivity (Wildman–Crippen MR) is 107 cm³/mol. The van der Waals surface area contributed by atoms with Gasteiger partial charge in [-0.05, 0) is 24.5 Å². The maximum Gasteiger partial charge on any atom is 0.227 e. The third kappa shape index (κ3) is 3.97. The molecule has 1 aliphatic heterocycles. The lowest BCUT2D eigenvalue weighted by molar-refractivity contribution is -0.120. The molecule has 2 heterocycles. The topological polar surface area (TPSA) is 58.1 Å². The van der Waals surface area contributed by atoms with Crippen LogP contribution < -0.4 is 10.2 Å². The minimum atomic E-state index is 0.0155. The van der Waals surface area contributed by atoms with Crippen molar-refractivity contribution in [2.24, 2.45) is 5.92 Å². The number of anilines is 2. The molecule has 1 aromatic heterocycles. The summed E-state index contributed by atoms with van der Waals surface area (Å²) >= 11 is 0. The van der Waals surface area contributed by atoms with Crippen LogP contribution in [0.5, 0.6) is 0 Å². The van der Waals surface area contributed by atoms with Crippen LogP contribution >= 0.6 is 0 Å². The number of aromatic nitrogens is 2. The number of nitrogens with zero attached hydrogens (tertiary/aromatic N) is 3. The van der Waals surface area contributed by atoms with E-state index in [0.29, 0.717) is 0 Å². The minimum absolute atomic E-state index is 0.0155. The molecular formula is C22H22N4O. The second-order valence-electron chi connectivity index (χ2n) is 6.73. The number of carbonyl (C=O) groups is 1. The van der Waals surface area contributed by atoms with Gasteiger partial charge in [0.1, 0.15) is 5.82 Å². The van der Waals surface area contributed by atoms with Crippen molar-refractivity contribution in [3.63, 3.8) is 0 Å². The fraction of sp³-hybridized carbons (Fsp3) is 0.227. The highest BCUT2D eigenvalue weighted by molar-refractivity contribution is 5.96. The van der Waals surface area contributed by atoms with Crippen molar-refractivity contribution < 1.29 is 4.79 Å². The largest absolute Gasteiger partial charge is 0.355 e. The Morgan fingerprint density at radius 3 is 2.44 bits per heavy atom. The first-order valence-electron chi connectivity index (χ1n) is 9.27. The van der Waals surface area contributed by atoms with Crippen molar-refractivity contribution in [2.45, 2.75) is 12.8 Å². The molecule has 0 aliphatic carbocycles. The Hall–Kier alpha value is -3.21. The maximum atomic E-state index is 12.8. The SMILES string of the molecule is O=C(Nc1ccccc1-c1ccccc1)C1CCN(c2cnccn2)CC1. The Bertz CT molecular complexity index is 890. The summed E-state index contributed by atoms with van der Waals surface area (Å²) in [5, 5.41) is 3.15. The quantitative estimate of drug-likeness (QED) is 0.766. The summed E-state index contributed by atoms with van der Waals surface area (Å²) in [6.07, 6.45) is 6.78. The van der Waals surface area contributed by atoms with Gasteiger partial charge < -0.3 is 10.2 Å². The summed E-state index contributed by atoms with van der Waals surface area (Å²) < 4.78 is 0. The molecule has 1 N–H and O–H groups in total. The van der Waals surface area contributed by atoms with Gasteiger partial charge in [0.15, 0.2) is 0 Å². The Labute approximate surface area is 159 Å². The third-order valence-corrected chi connectivity index (χ3v) is 5.01. The molecule has 27 heavy (non-hydrogen) atoms. The van der Waals surface area contributed by atoms with Crippen LogP contribution in [-0.2, 0) is 4.79 Å². The van der Waals surface area contributed by atoms with E-state index in [0.717, 1.165) is 48.6 Å². The summed E-state index contributed by atoms with van der Waals surface area (Å²) in [4.78, 5) is 23.5. The Morgan fingerprint density at radius 1 is 0.963 bits per heavy atom. The highest BCUT2D eigenvalue weighted by atomic mass is 16.1. The van der Waals surface area contributed by atoms with Gasteiger partial charge in [-0.1, -0.05) is 48.5 Å². The van der Waals surface area contributed by atoms with E-state index in [1.807, 2.05) is 42.5 Å². The van der Waals surface area contributed by atoms with Gasteiger partial charge in [0.25, 0.3) is 0 Å². The summed E-state index contributed by atoms with van der Waals surface area (Å²) in [7, 11) is 0. The molecule has 0 radical (unpaired) electrons. The van der Waals surface area contributed by atoms with Crippen LogP contribution in [0.25, 0.3) is 11.1 Å². The molecule has 4 rings (SSSR count). The molecule has 0 atom stereocenters. The molecule has 2 aromatic carbocycles. The zero-order chi connectivity index (χ0) is 18.5. The van der Waals surface area contributed by atoms with E-state index < -0.39 is 0 Å². The molecule has 1 amide bonds. The van der Waals surface area contributed by atoms with E-state index in [-0.39, 0.29) is 11.8 Å². The first kappa shape index (κ1) is 17.2. The number of hydrogen-bond donors (Lipinski definition) is 1. The molecule has 0 saturated carbocycles. The lowest BCUT2D eigenvalue weighted by Gasteiger charge is -2.32. The van der Waals surface area contributed by atoms with Gasteiger partial charge in [0, 0.05) is 42.7 Å². The number of amides is 1. The van der Waals surface area contributed by atoms with Gasteiger partial charge in [0.2, 0.25) is 5.91 Å². The van der Waals surface area contributed by atoms with E-state index in [4.69, 9.17) is 0 Å². The number of benzene rings is 2. The van der Waals surface area contributed by atoms with E-state index in [2.05, 4.69) is 32.3 Å². The number of nitrogens with one attached hydrogen (secondary N) is 1. The minimum Gasteiger partial charge on any atom is -0.355 e. The zero-order valence-corrected chi connectivity index (χ0v) is 15.1. The maximum absolute atomic E-state index is 12.8. The molecule has 5 heteroatoms. The number of rotatable bonds is 4. The van der Waals surface area contributed by atoms with Crippen molar-refractivity contribution >= 4 is 17.4 Å². The van der Waals surface area contributed by atoms with Crippen LogP contribution in [-0.4, -0.2) is 29.0 Å². The Balaban J connectivity index is 1.42. The van der Waals surface area contributed by atoms with Gasteiger partial charge in [-0.3, -0.25) is 9.78 Å². The van der Waals surface area contributed by atoms with Gasteiger partial charge in [-0.25, -0.2) is 4.98 Å². The number of hydrogen-bond acceptors (Lipinski definition) is 4. The van der Waals surface area contributed by atoms with Crippen molar-refractivity contribution in [2.75, 3.05) is 23.3 Å². The Kier molecular flexibility index (Phi) is 5.10. The average Bonchev–Trinajstić information content (AvgIpc) is 2.75. The lowest BCUT2D eigenvalue weighted by Crippen LogP contribution is -2.38. The molecule has 1 fully saturated rings. The monoisotopic (exact) mass is 358 g/mol. The molecule has 1 aliphatic rings. The first-order valence-corrected chi connectivity index (χ1v) is 9.27. The molecule has 1 saturated heterocycles. The first-order chi connectivity index (χ1) is 13.3. The van der Waals surface area contributed by atoms with Gasteiger partial charge in [0.05, 0.1) is 6.20 Å². The lowest BCUT2D eigenvalue weighted by atomic mass is 9.95. The van der Waals surface area contributed by atoms with Gasteiger partial charge in [-0.15, -0.1) is 0 Å². The average molecular weight is 358 g/mol. The smallest absolute Gasteiger partial charge is 0.227 e. The molecular weight excluding hydrogens is 336 g/mol. The van der Waals surface area contributed by atoms with Crippen LogP contribution in [0.15, 0.2) is 73.2 Å². The number of carbonyl (C=O) groups excluding carboxylic acids is 1. The van der Waals surface area contributed by atoms with Gasteiger partial charge >= 0.3 is 0 Å². The zero-order valence-electron chi connectivity index (χ0n) is 15.1. The number of para-hydroxylation sites is 1. The summed E-state index contributed by atoms with van der Waals surface area (Å²) in [5.41, 5.74) is 3.01. The normalized spacial score (nSPS) is 14.7. The Morgan fingerprint density at radius 2 is 1.70 bits per heavy atom. The fourth-order valence-corrected chi connectivity index (χ4v) is 3.52. The number of piperidine rings is 1. The predicted octanol–water partition coefficient (Wildman–Crippen LogP) is 4.00. The van der Waals surface area contributed by atoms with E-state index >= 15 is 0 Å². The van der Waals surface area contributed by atoms with Crippen molar-refractivity contribution in [1.82, 2.24) is 9.97 Å². The van der Waals surface area contributed by atoms with Crippen LogP contribution in [0, 0.1) is 5.92 Å². The molecule has 5 nitrogen and oxygen atoms in total. The standard InChI is InChI=1S/C22H22N4O/c27-22(18-10-14-26(15-11-18)21-16-23-12-13-24-21)25-20-9-5-4-8-19(20)17-6-2-1-3-7-17/h1-9,12-13,16,18H,10-11,14-15H2,(H,25,27). The van der Waals surface area contributed by atoms with Gasteiger partial charge in [-0.2, -0.15) is 0 Å². The highest BCUT2D eigenvalue weighted by Gasteiger charge is 2.26. The summed E-state index contributed by atoms with van der Waals surface area (Å²) in [5.74, 6) is 0.990. The van der Waals surface area contributed by atoms with E-state index in [1.165, 1.54) is 0 Å². The van der Waals surface area contributed by atoms with Crippen molar-refractivity contribution in [3.05, 3.63) is 73.2 Å². The highest BCUT2D eigenvalue weighted by Crippen LogP contribution is 2.29. The van der Waals surface area contributed by atoms with Crippen molar-refractivity contribution in [3.8, 4) is 11.1 Å². The van der Waals surface area contributed by atoms with E-state index in [9.17, 15) is 4.79 Å².